The molecule has 1 unspecified atom stereocenters. The third-order valence-corrected chi connectivity index (χ3v) is 4.39. The van der Waals surface area contributed by atoms with Gasteiger partial charge in [0.05, 0.1) is 20.1 Å². The summed E-state index contributed by atoms with van der Waals surface area (Å²) >= 11 is 0. The third kappa shape index (κ3) is 4.00. The highest BCUT2D eigenvalue weighted by Gasteiger charge is 2.30. The molecular formula is C16H24ClN3O3. The van der Waals surface area contributed by atoms with Gasteiger partial charge < -0.3 is 25.0 Å². The third-order valence-electron chi connectivity index (χ3n) is 4.39. The number of amides is 1. The van der Waals surface area contributed by atoms with Gasteiger partial charge in [0, 0.05) is 56.1 Å². The largest absolute Gasteiger partial charge is 0.497 e. The maximum atomic E-state index is 12.0. The van der Waals surface area contributed by atoms with Gasteiger partial charge in [-0.05, 0) is 6.42 Å². The number of benzene rings is 1. The van der Waals surface area contributed by atoms with Crippen LogP contribution in [0.15, 0.2) is 18.2 Å². The van der Waals surface area contributed by atoms with Crippen molar-refractivity contribution in [2.75, 3.05) is 45.3 Å². The zero-order chi connectivity index (χ0) is 15.5. The molecule has 1 amide bonds. The molecule has 0 bridgehead atoms. The van der Waals surface area contributed by atoms with E-state index in [1.807, 2.05) is 18.2 Å². The zero-order valence-corrected chi connectivity index (χ0v) is 14.3. The Morgan fingerprint density at radius 3 is 2.39 bits per heavy atom. The fraction of sp³-hybridized carbons (Fsp3) is 0.562. The second kappa shape index (κ2) is 7.75. The second-order valence-electron chi connectivity index (χ2n) is 5.87. The lowest BCUT2D eigenvalue weighted by Gasteiger charge is -2.27. The Kier molecular flexibility index (Phi) is 5.96. The molecule has 1 atom stereocenters. The highest BCUT2D eigenvalue weighted by molar-refractivity contribution is 5.85. The summed E-state index contributed by atoms with van der Waals surface area (Å²) in [4.78, 5) is 14.3. The summed E-state index contributed by atoms with van der Waals surface area (Å²) in [5.41, 5.74) is 1.07. The predicted molar refractivity (Wildman–Crippen MR) is 91.9 cm³/mol. The van der Waals surface area contributed by atoms with E-state index in [-0.39, 0.29) is 30.3 Å². The minimum absolute atomic E-state index is 0. The molecule has 1 aromatic rings. The lowest BCUT2D eigenvalue weighted by molar-refractivity contribution is -0.127. The molecule has 2 fully saturated rings. The van der Waals surface area contributed by atoms with E-state index in [2.05, 4.69) is 15.5 Å². The first-order valence-electron chi connectivity index (χ1n) is 7.68. The Bertz CT molecular complexity index is 529. The number of rotatable bonds is 5. The van der Waals surface area contributed by atoms with Crippen LogP contribution in [0.2, 0.25) is 0 Å². The average molecular weight is 342 g/mol. The molecule has 23 heavy (non-hydrogen) atoms. The molecule has 2 aliphatic rings. The van der Waals surface area contributed by atoms with Crippen LogP contribution in [0.25, 0.3) is 0 Å². The smallest absolute Gasteiger partial charge is 0.225 e. The molecule has 2 aliphatic heterocycles. The Morgan fingerprint density at radius 2 is 1.87 bits per heavy atom. The fourth-order valence-electron chi connectivity index (χ4n) is 2.88. The van der Waals surface area contributed by atoms with Crippen molar-refractivity contribution in [2.24, 2.45) is 5.92 Å². The summed E-state index contributed by atoms with van der Waals surface area (Å²) in [5.74, 6) is 1.88. The van der Waals surface area contributed by atoms with Crippen molar-refractivity contribution < 1.29 is 14.3 Å². The number of carbonyl (C=O) groups excluding carboxylic acids is 1. The van der Waals surface area contributed by atoms with Crippen molar-refractivity contribution in [3.8, 4) is 11.5 Å². The van der Waals surface area contributed by atoms with Crippen molar-refractivity contribution >= 4 is 24.0 Å². The van der Waals surface area contributed by atoms with Gasteiger partial charge in [0.2, 0.25) is 5.91 Å². The lowest BCUT2D eigenvalue weighted by atomic mass is 10.0. The monoisotopic (exact) mass is 341 g/mol. The van der Waals surface area contributed by atoms with E-state index in [1.165, 1.54) is 0 Å². The van der Waals surface area contributed by atoms with Crippen LogP contribution in [-0.4, -0.2) is 52.3 Å². The average Bonchev–Trinajstić information content (AvgIpc) is 2.93. The first-order valence-corrected chi connectivity index (χ1v) is 7.68. The summed E-state index contributed by atoms with van der Waals surface area (Å²) in [6.45, 7) is 3.34. The van der Waals surface area contributed by atoms with E-state index in [4.69, 9.17) is 9.47 Å². The van der Waals surface area contributed by atoms with Gasteiger partial charge >= 0.3 is 0 Å². The van der Waals surface area contributed by atoms with E-state index in [0.29, 0.717) is 0 Å². The number of hydrogen-bond acceptors (Lipinski definition) is 5. The van der Waals surface area contributed by atoms with Crippen LogP contribution < -0.4 is 25.0 Å². The van der Waals surface area contributed by atoms with Crippen LogP contribution >= 0.6 is 12.4 Å². The molecule has 2 N–H and O–H groups in total. The number of hydrogen-bond donors (Lipinski definition) is 2. The van der Waals surface area contributed by atoms with Crippen LogP contribution in [0.4, 0.5) is 5.69 Å². The number of carbonyl (C=O) groups is 1. The number of halogens is 1. The van der Waals surface area contributed by atoms with Gasteiger partial charge in [-0.25, -0.2) is 0 Å². The quantitative estimate of drug-likeness (QED) is 0.838. The second-order valence-corrected chi connectivity index (χ2v) is 5.87. The number of anilines is 1. The van der Waals surface area contributed by atoms with Gasteiger partial charge in [0.1, 0.15) is 11.5 Å². The van der Waals surface area contributed by atoms with E-state index in [0.717, 1.165) is 49.8 Å². The molecule has 0 aromatic heterocycles. The zero-order valence-electron chi connectivity index (χ0n) is 13.5. The number of methoxy groups -OCH3 is 2. The van der Waals surface area contributed by atoms with E-state index in [1.54, 1.807) is 14.2 Å². The maximum Gasteiger partial charge on any atom is 0.225 e. The number of nitrogens with zero attached hydrogens (tertiary/aromatic N) is 1. The van der Waals surface area contributed by atoms with Crippen molar-refractivity contribution in [3.05, 3.63) is 18.2 Å². The van der Waals surface area contributed by atoms with Crippen molar-refractivity contribution in [1.29, 1.82) is 0 Å². The van der Waals surface area contributed by atoms with Crippen LogP contribution in [-0.2, 0) is 4.79 Å². The molecule has 1 aromatic carbocycles. The summed E-state index contributed by atoms with van der Waals surface area (Å²) < 4.78 is 10.6. The van der Waals surface area contributed by atoms with E-state index >= 15 is 0 Å². The first-order chi connectivity index (χ1) is 10.7. The molecule has 128 valence electrons. The van der Waals surface area contributed by atoms with Crippen LogP contribution in [0, 0.1) is 5.92 Å². The molecule has 2 saturated heterocycles. The number of nitrogens with one attached hydrogen (secondary N) is 2. The topological polar surface area (TPSA) is 62.8 Å². The fourth-order valence-corrected chi connectivity index (χ4v) is 2.88. The summed E-state index contributed by atoms with van der Waals surface area (Å²) in [7, 11) is 3.30. The lowest BCUT2D eigenvalue weighted by Crippen LogP contribution is -2.53. The van der Waals surface area contributed by atoms with E-state index in [9.17, 15) is 4.79 Å². The standard InChI is InChI=1S/C16H23N3O3.ClH/c1-21-14-5-13(6-15(7-14)22-2)19-4-3-12(10-19)18-16(20)11-8-17-9-11;/h5-7,11-12,17H,3-4,8-10H2,1-2H3,(H,18,20);1H. The summed E-state index contributed by atoms with van der Waals surface area (Å²) in [6, 6.07) is 6.08. The van der Waals surface area contributed by atoms with Crippen molar-refractivity contribution in [2.45, 2.75) is 12.5 Å². The minimum Gasteiger partial charge on any atom is -0.497 e. The minimum atomic E-state index is 0. The molecule has 0 radical (unpaired) electrons. The number of ether oxygens (including phenoxy) is 2. The van der Waals surface area contributed by atoms with Crippen LogP contribution in [0.3, 0.4) is 0 Å². The van der Waals surface area contributed by atoms with Crippen molar-refractivity contribution in [1.82, 2.24) is 10.6 Å². The molecule has 0 spiro atoms. The normalized spacial score (nSPS) is 20.4. The predicted octanol–water partition coefficient (Wildman–Crippen LogP) is 1.04. The van der Waals surface area contributed by atoms with Crippen LogP contribution in [0.5, 0.6) is 11.5 Å². The summed E-state index contributed by atoms with van der Waals surface area (Å²) in [6.07, 6.45) is 0.964. The molecule has 0 aliphatic carbocycles. The highest BCUT2D eigenvalue weighted by atomic mass is 35.5. The molecular weight excluding hydrogens is 318 g/mol. The molecule has 7 heteroatoms. The van der Waals surface area contributed by atoms with Crippen molar-refractivity contribution in [3.63, 3.8) is 0 Å². The highest BCUT2D eigenvalue weighted by Crippen LogP contribution is 2.30. The Morgan fingerprint density at radius 1 is 1.22 bits per heavy atom. The van der Waals surface area contributed by atoms with Gasteiger partial charge in [-0.1, -0.05) is 0 Å². The van der Waals surface area contributed by atoms with Gasteiger partial charge in [0.25, 0.3) is 0 Å². The van der Waals surface area contributed by atoms with Gasteiger partial charge in [-0.3, -0.25) is 4.79 Å². The van der Waals surface area contributed by atoms with Crippen LogP contribution in [0.1, 0.15) is 6.42 Å². The Hall–Kier alpha value is -1.66. The SMILES string of the molecule is COc1cc(OC)cc(N2CCC(NC(=O)C3CNC3)C2)c1.Cl. The van der Waals surface area contributed by atoms with E-state index < -0.39 is 0 Å². The molecule has 6 nitrogen and oxygen atoms in total. The maximum absolute atomic E-state index is 12.0. The van der Waals surface area contributed by atoms with Gasteiger partial charge in [-0.2, -0.15) is 0 Å². The molecule has 0 saturated carbocycles. The summed E-state index contributed by atoms with van der Waals surface area (Å²) in [5, 5.41) is 6.28. The van der Waals surface area contributed by atoms with Gasteiger partial charge in [0.15, 0.2) is 0 Å². The Balaban J connectivity index is 0.00000192. The van der Waals surface area contributed by atoms with Gasteiger partial charge in [-0.15, -0.1) is 12.4 Å². The first kappa shape index (κ1) is 17.7. The molecule has 2 heterocycles. The molecule has 3 rings (SSSR count). The Labute approximate surface area is 142 Å².